The molecular formula is C18H18O6. The van der Waals surface area contributed by atoms with Crippen molar-refractivity contribution in [2.75, 3.05) is 13.7 Å². The van der Waals surface area contributed by atoms with Gasteiger partial charge in [0, 0.05) is 11.5 Å². The molecule has 6 heteroatoms. The molecule has 6 nitrogen and oxygen atoms in total. The number of esters is 2. The number of hydrogen-bond acceptors (Lipinski definition) is 6. The van der Waals surface area contributed by atoms with Gasteiger partial charge in [0.1, 0.15) is 11.9 Å². The Labute approximate surface area is 139 Å². The molecule has 1 aliphatic heterocycles. The molecular weight excluding hydrogens is 312 g/mol. The number of Topliss-reactive ketones (excluding diaryl/α,β-unsaturated/α-hetero) is 1. The van der Waals surface area contributed by atoms with E-state index in [2.05, 4.69) is 0 Å². The van der Waals surface area contributed by atoms with Gasteiger partial charge in [-0.1, -0.05) is 0 Å². The summed E-state index contributed by atoms with van der Waals surface area (Å²) in [5, 5.41) is 0. The summed E-state index contributed by atoms with van der Waals surface area (Å²) in [5.41, 5.74) is 0.455. The van der Waals surface area contributed by atoms with E-state index < -0.39 is 11.9 Å². The molecule has 24 heavy (non-hydrogen) atoms. The number of carbonyl (C=O) groups excluding carboxylic acids is 3. The van der Waals surface area contributed by atoms with Gasteiger partial charge in [0.25, 0.3) is 0 Å². The van der Waals surface area contributed by atoms with Crippen molar-refractivity contribution in [3.05, 3.63) is 29.8 Å². The van der Waals surface area contributed by atoms with Crippen LogP contribution in [0.2, 0.25) is 0 Å². The summed E-state index contributed by atoms with van der Waals surface area (Å²) in [6, 6.07) is 6.62. The first-order valence-electron chi connectivity index (χ1n) is 8.13. The standard InChI is InChI=1S/C18H18O6/c1-22-11-4-2-9(3-5-11)13(19)8-23-17(20)15-10-6-12-14(7-10)24-18(21)16(12)15/h2-5,10,12,14-16H,6-8H2,1H3/t10-,12+,14+,15-,16+/m1/s1. The quantitative estimate of drug-likeness (QED) is 0.603. The van der Waals surface area contributed by atoms with E-state index in [9.17, 15) is 14.4 Å². The van der Waals surface area contributed by atoms with Crippen molar-refractivity contribution < 1.29 is 28.6 Å². The van der Waals surface area contributed by atoms with Crippen molar-refractivity contribution in [2.24, 2.45) is 23.7 Å². The van der Waals surface area contributed by atoms with Gasteiger partial charge < -0.3 is 14.2 Å². The topological polar surface area (TPSA) is 78.9 Å². The van der Waals surface area contributed by atoms with Gasteiger partial charge in [-0.05, 0) is 43.0 Å². The maximum atomic E-state index is 12.4. The predicted octanol–water partition coefficient (Wildman–Crippen LogP) is 1.62. The number of hydrogen-bond donors (Lipinski definition) is 0. The fourth-order valence-electron chi connectivity index (χ4n) is 4.42. The van der Waals surface area contributed by atoms with Gasteiger partial charge in [-0.2, -0.15) is 0 Å². The number of ketones is 1. The van der Waals surface area contributed by atoms with E-state index in [1.54, 1.807) is 31.4 Å². The average molecular weight is 330 g/mol. The summed E-state index contributed by atoms with van der Waals surface area (Å²) in [6.07, 6.45) is 1.56. The smallest absolute Gasteiger partial charge is 0.310 e. The Kier molecular flexibility index (Phi) is 3.55. The van der Waals surface area contributed by atoms with Crippen molar-refractivity contribution in [2.45, 2.75) is 18.9 Å². The Morgan fingerprint density at radius 2 is 1.96 bits per heavy atom. The SMILES string of the molecule is COc1ccc(C(=O)COC(=O)[C@@H]2[C@@H]3C[C@@H]4[C@@H]2C(=O)O[C@H]4C3)cc1. The molecule has 0 unspecified atom stereocenters. The highest BCUT2D eigenvalue weighted by molar-refractivity contribution is 5.98. The summed E-state index contributed by atoms with van der Waals surface area (Å²) in [4.78, 5) is 36.5. The van der Waals surface area contributed by atoms with Gasteiger partial charge in [-0.15, -0.1) is 0 Å². The van der Waals surface area contributed by atoms with Gasteiger partial charge in [-0.25, -0.2) is 0 Å². The Balaban J connectivity index is 1.38. The molecule has 1 heterocycles. The third-order valence-corrected chi connectivity index (χ3v) is 5.51. The fraction of sp³-hybridized carbons (Fsp3) is 0.500. The van der Waals surface area contributed by atoms with Crippen molar-refractivity contribution in [3.8, 4) is 5.75 Å². The Bertz CT molecular complexity index is 692. The second-order valence-electron chi connectivity index (χ2n) is 6.68. The summed E-state index contributed by atoms with van der Waals surface area (Å²) >= 11 is 0. The zero-order valence-corrected chi connectivity index (χ0v) is 13.3. The Morgan fingerprint density at radius 1 is 1.21 bits per heavy atom. The minimum Gasteiger partial charge on any atom is -0.497 e. The number of carbonyl (C=O) groups is 3. The molecule has 0 radical (unpaired) electrons. The highest BCUT2D eigenvalue weighted by atomic mass is 16.6. The molecule has 1 saturated heterocycles. The number of benzene rings is 1. The number of fused-ring (bicyclic) bond motifs is 1. The van der Waals surface area contributed by atoms with Crippen molar-refractivity contribution in [1.82, 2.24) is 0 Å². The van der Waals surface area contributed by atoms with Crippen LogP contribution in [0.4, 0.5) is 0 Å². The van der Waals surface area contributed by atoms with Gasteiger partial charge >= 0.3 is 11.9 Å². The molecule has 2 aliphatic carbocycles. The third kappa shape index (κ3) is 2.28. The molecule has 3 aliphatic rings. The first-order chi connectivity index (χ1) is 11.6. The van der Waals surface area contributed by atoms with Gasteiger partial charge in [0.2, 0.25) is 0 Å². The minimum absolute atomic E-state index is 0.0162. The third-order valence-electron chi connectivity index (χ3n) is 5.51. The van der Waals surface area contributed by atoms with Crippen LogP contribution in [0.1, 0.15) is 23.2 Å². The highest BCUT2D eigenvalue weighted by Crippen LogP contribution is 2.57. The summed E-state index contributed by atoms with van der Waals surface area (Å²) in [7, 11) is 1.55. The highest BCUT2D eigenvalue weighted by Gasteiger charge is 2.64. The van der Waals surface area contributed by atoms with Gasteiger partial charge in [0.15, 0.2) is 12.4 Å². The number of rotatable bonds is 5. The lowest BCUT2D eigenvalue weighted by molar-refractivity contribution is -0.154. The maximum Gasteiger partial charge on any atom is 0.310 e. The van der Waals surface area contributed by atoms with E-state index >= 15 is 0 Å². The summed E-state index contributed by atoms with van der Waals surface area (Å²) in [5.74, 6) is -0.902. The van der Waals surface area contributed by atoms with Crippen LogP contribution < -0.4 is 4.74 Å². The first kappa shape index (κ1) is 15.2. The zero-order chi connectivity index (χ0) is 16.8. The lowest BCUT2D eigenvalue weighted by Crippen LogP contribution is -2.34. The molecule has 1 aromatic carbocycles. The molecule has 0 N–H and O–H groups in total. The van der Waals surface area contributed by atoms with Crippen molar-refractivity contribution >= 4 is 17.7 Å². The molecule has 2 bridgehead atoms. The fourth-order valence-corrected chi connectivity index (χ4v) is 4.42. The van der Waals surface area contributed by atoms with E-state index in [-0.39, 0.29) is 42.2 Å². The van der Waals surface area contributed by atoms with Crippen LogP contribution in [0.25, 0.3) is 0 Å². The minimum atomic E-state index is -0.454. The molecule has 1 aromatic rings. The molecule has 126 valence electrons. The molecule has 0 aromatic heterocycles. The average Bonchev–Trinajstić information content (AvgIpc) is 3.21. The Hall–Kier alpha value is -2.37. The van der Waals surface area contributed by atoms with E-state index in [4.69, 9.17) is 14.2 Å². The van der Waals surface area contributed by atoms with E-state index in [0.29, 0.717) is 11.3 Å². The van der Waals surface area contributed by atoms with Crippen LogP contribution in [0, 0.1) is 23.7 Å². The van der Waals surface area contributed by atoms with Crippen LogP contribution in [0.5, 0.6) is 5.75 Å². The normalized spacial score (nSPS) is 32.5. The largest absolute Gasteiger partial charge is 0.497 e. The number of methoxy groups -OCH3 is 1. The molecule has 0 spiro atoms. The number of ether oxygens (including phenoxy) is 3. The predicted molar refractivity (Wildman–Crippen MR) is 81.4 cm³/mol. The van der Waals surface area contributed by atoms with Crippen LogP contribution in [-0.2, 0) is 19.1 Å². The Morgan fingerprint density at radius 3 is 2.67 bits per heavy atom. The monoisotopic (exact) mass is 330 g/mol. The van der Waals surface area contributed by atoms with Crippen molar-refractivity contribution in [1.29, 1.82) is 0 Å². The zero-order valence-electron chi connectivity index (χ0n) is 13.3. The molecule has 2 saturated carbocycles. The van der Waals surface area contributed by atoms with Gasteiger partial charge in [0.05, 0.1) is 18.9 Å². The second kappa shape index (κ2) is 5.61. The lowest BCUT2D eigenvalue weighted by Gasteiger charge is -2.22. The van der Waals surface area contributed by atoms with Gasteiger partial charge in [-0.3, -0.25) is 14.4 Å². The summed E-state index contributed by atoms with van der Waals surface area (Å²) in [6.45, 7) is -0.315. The van der Waals surface area contributed by atoms with E-state index in [0.717, 1.165) is 12.8 Å². The first-order valence-corrected chi connectivity index (χ1v) is 8.13. The van der Waals surface area contributed by atoms with Crippen LogP contribution in [0.3, 0.4) is 0 Å². The van der Waals surface area contributed by atoms with Crippen LogP contribution in [0.15, 0.2) is 24.3 Å². The van der Waals surface area contributed by atoms with Crippen LogP contribution in [-0.4, -0.2) is 37.5 Å². The van der Waals surface area contributed by atoms with E-state index in [1.165, 1.54) is 0 Å². The van der Waals surface area contributed by atoms with Crippen molar-refractivity contribution in [3.63, 3.8) is 0 Å². The second-order valence-corrected chi connectivity index (χ2v) is 6.68. The van der Waals surface area contributed by atoms with E-state index in [1.807, 2.05) is 0 Å². The molecule has 4 rings (SSSR count). The van der Waals surface area contributed by atoms with Crippen LogP contribution >= 0.6 is 0 Å². The maximum absolute atomic E-state index is 12.4. The molecule has 3 fully saturated rings. The summed E-state index contributed by atoms with van der Waals surface area (Å²) < 4.78 is 15.6. The molecule has 5 atom stereocenters. The molecule has 0 amide bonds. The lowest BCUT2D eigenvalue weighted by atomic mass is 9.80.